The summed E-state index contributed by atoms with van der Waals surface area (Å²) in [5.74, 6) is 0.689. The average Bonchev–Trinajstić information content (AvgIpc) is 2.56. The molecule has 1 atom stereocenters. The van der Waals surface area contributed by atoms with Gasteiger partial charge in [-0.05, 0) is 36.5 Å². The van der Waals surface area contributed by atoms with Crippen molar-refractivity contribution in [3.63, 3.8) is 0 Å². The number of likely N-dealkylation sites (tertiary alicyclic amines) is 1. The molecular formula is C19H31N3O2S. The molecule has 2 rings (SSSR count). The van der Waals surface area contributed by atoms with E-state index in [2.05, 4.69) is 24.1 Å². The van der Waals surface area contributed by atoms with Crippen LogP contribution in [0.5, 0.6) is 0 Å². The summed E-state index contributed by atoms with van der Waals surface area (Å²) in [5, 5.41) is 3.15. The molecule has 1 N–H and O–H groups in total. The maximum atomic E-state index is 12.4. The second-order valence-corrected chi connectivity index (χ2v) is 8.75. The Bertz CT molecular complexity index is 581. The Hall–Kier alpha value is -1.40. The molecule has 1 saturated heterocycles. The number of carbonyl (C=O) groups is 1. The quantitative estimate of drug-likeness (QED) is 0.843. The van der Waals surface area contributed by atoms with E-state index in [0.717, 1.165) is 42.9 Å². The third-order valence-corrected chi connectivity index (χ3v) is 5.50. The summed E-state index contributed by atoms with van der Waals surface area (Å²) in [5.41, 5.74) is 1.04. The van der Waals surface area contributed by atoms with Crippen molar-refractivity contribution in [1.29, 1.82) is 0 Å². The van der Waals surface area contributed by atoms with Crippen LogP contribution < -0.4 is 5.32 Å². The number of benzene rings is 1. The summed E-state index contributed by atoms with van der Waals surface area (Å²) in [6.07, 6.45) is 3.70. The van der Waals surface area contributed by atoms with Crippen molar-refractivity contribution in [3.05, 3.63) is 29.8 Å². The number of nitrogens with one attached hydrogen (secondary N) is 1. The van der Waals surface area contributed by atoms with Crippen molar-refractivity contribution in [2.75, 3.05) is 32.9 Å². The Balaban J connectivity index is 1.78. The molecule has 0 aliphatic carbocycles. The van der Waals surface area contributed by atoms with Crippen LogP contribution in [0.25, 0.3) is 0 Å². The third kappa shape index (κ3) is 6.44. The summed E-state index contributed by atoms with van der Waals surface area (Å²) in [7, 11) is 0.847. The van der Waals surface area contributed by atoms with E-state index in [1.165, 1.54) is 0 Å². The molecule has 1 aliphatic heterocycles. The minimum absolute atomic E-state index is 0.0227. The van der Waals surface area contributed by atoms with E-state index in [1.54, 1.807) is 11.2 Å². The van der Waals surface area contributed by atoms with Gasteiger partial charge in [-0.2, -0.15) is 0 Å². The second-order valence-electron chi connectivity index (χ2n) is 7.37. The predicted octanol–water partition coefficient (Wildman–Crippen LogP) is 2.69. The van der Waals surface area contributed by atoms with Crippen LogP contribution in [0.1, 0.15) is 32.3 Å². The van der Waals surface area contributed by atoms with Crippen LogP contribution in [-0.2, 0) is 17.3 Å². The average molecular weight is 366 g/mol. The lowest BCUT2D eigenvalue weighted by Crippen LogP contribution is -2.48. The van der Waals surface area contributed by atoms with Crippen LogP contribution in [0.15, 0.2) is 29.2 Å². The molecule has 5 nitrogen and oxygen atoms in total. The molecule has 0 saturated carbocycles. The Labute approximate surface area is 154 Å². The summed E-state index contributed by atoms with van der Waals surface area (Å²) < 4.78 is 11.4. The van der Waals surface area contributed by atoms with Gasteiger partial charge in [0.2, 0.25) is 0 Å². The molecule has 2 amide bonds. The summed E-state index contributed by atoms with van der Waals surface area (Å²) in [4.78, 5) is 17.4. The Kier molecular flexibility index (Phi) is 7.44. The fourth-order valence-electron chi connectivity index (χ4n) is 3.19. The fourth-order valence-corrected chi connectivity index (χ4v) is 3.71. The van der Waals surface area contributed by atoms with Gasteiger partial charge in [0.1, 0.15) is 0 Å². The van der Waals surface area contributed by atoms with Crippen molar-refractivity contribution in [3.8, 4) is 0 Å². The molecule has 1 aromatic carbocycles. The molecule has 0 spiro atoms. The normalized spacial score (nSPS) is 17.5. The molecule has 1 fully saturated rings. The zero-order valence-corrected chi connectivity index (χ0v) is 16.6. The summed E-state index contributed by atoms with van der Waals surface area (Å²) in [6, 6.07) is 7.84. The van der Waals surface area contributed by atoms with Crippen molar-refractivity contribution in [2.45, 2.75) is 44.2 Å². The van der Waals surface area contributed by atoms with E-state index in [-0.39, 0.29) is 12.1 Å². The van der Waals surface area contributed by atoms with Gasteiger partial charge < -0.3 is 15.1 Å². The van der Waals surface area contributed by atoms with Gasteiger partial charge >= 0.3 is 6.03 Å². The van der Waals surface area contributed by atoms with Crippen LogP contribution in [0.2, 0.25) is 0 Å². The molecule has 6 heteroatoms. The number of hydrogen-bond donors (Lipinski definition) is 1. The number of nitrogens with zero attached hydrogens (tertiary/aromatic N) is 2. The van der Waals surface area contributed by atoms with Gasteiger partial charge in [0.25, 0.3) is 0 Å². The van der Waals surface area contributed by atoms with Gasteiger partial charge in [-0.1, -0.05) is 26.0 Å². The number of amides is 2. The zero-order valence-electron chi connectivity index (χ0n) is 15.8. The number of hydrogen-bond acceptors (Lipinski definition) is 3. The maximum Gasteiger partial charge on any atom is 0.317 e. The second kappa shape index (κ2) is 9.34. The smallest absolute Gasteiger partial charge is 0.317 e. The topological polar surface area (TPSA) is 52.7 Å². The van der Waals surface area contributed by atoms with Crippen LogP contribution in [-0.4, -0.2) is 59.0 Å². The highest BCUT2D eigenvalue weighted by atomic mass is 32.2. The zero-order chi connectivity index (χ0) is 18.4. The lowest BCUT2D eigenvalue weighted by Gasteiger charge is -2.34. The first kappa shape index (κ1) is 19.9. The molecule has 1 aromatic rings. The minimum Gasteiger partial charge on any atom is -0.335 e. The molecule has 1 heterocycles. The number of piperidine rings is 1. The van der Waals surface area contributed by atoms with Gasteiger partial charge in [-0.15, -0.1) is 0 Å². The SMILES string of the molecule is CC(C)CN1CCC(NC(=O)N(C)Cc2ccc(S(C)=O)cc2)CC1. The molecule has 1 aliphatic rings. The Morgan fingerprint density at radius 2 is 1.88 bits per heavy atom. The lowest BCUT2D eigenvalue weighted by atomic mass is 10.0. The van der Waals surface area contributed by atoms with E-state index in [9.17, 15) is 9.00 Å². The van der Waals surface area contributed by atoms with Gasteiger partial charge in [0.05, 0.1) is 0 Å². The van der Waals surface area contributed by atoms with E-state index in [0.29, 0.717) is 12.5 Å². The monoisotopic (exact) mass is 365 g/mol. The third-order valence-electron chi connectivity index (χ3n) is 4.56. The maximum absolute atomic E-state index is 12.4. The summed E-state index contributed by atoms with van der Waals surface area (Å²) in [6.45, 7) is 8.29. The Morgan fingerprint density at radius 3 is 2.40 bits per heavy atom. The van der Waals surface area contributed by atoms with Crippen LogP contribution in [0, 0.1) is 5.92 Å². The van der Waals surface area contributed by atoms with Crippen LogP contribution in [0.4, 0.5) is 4.79 Å². The van der Waals surface area contributed by atoms with Gasteiger partial charge in [0, 0.05) is 61.2 Å². The highest BCUT2D eigenvalue weighted by Gasteiger charge is 2.22. The van der Waals surface area contributed by atoms with Gasteiger partial charge in [-0.3, -0.25) is 4.21 Å². The van der Waals surface area contributed by atoms with E-state index in [1.807, 2.05) is 31.3 Å². The lowest BCUT2D eigenvalue weighted by molar-refractivity contribution is 0.167. The molecule has 0 bridgehead atoms. The predicted molar refractivity (Wildman–Crippen MR) is 103 cm³/mol. The molecule has 0 aromatic heterocycles. The molecule has 140 valence electrons. The number of rotatable bonds is 6. The van der Waals surface area contributed by atoms with Gasteiger partial charge in [-0.25, -0.2) is 4.79 Å². The summed E-state index contributed by atoms with van der Waals surface area (Å²) >= 11 is 0. The fraction of sp³-hybridized carbons (Fsp3) is 0.632. The standard InChI is InChI=1S/C19H31N3O2S/c1-15(2)13-22-11-9-17(10-12-22)20-19(23)21(3)14-16-5-7-18(8-6-16)25(4)24/h5-8,15,17H,9-14H2,1-4H3,(H,20,23). The first-order valence-electron chi connectivity index (χ1n) is 9.01. The van der Waals surface area contributed by atoms with Crippen molar-refractivity contribution >= 4 is 16.8 Å². The van der Waals surface area contributed by atoms with E-state index >= 15 is 0 Å². The van der Waals surface area contributed by atoms with Gasteiger partial charge in [0.15, 0.2) is 0 Å². The Morgan fingerprint density at radius 1 is 1.28 bits per heavy atom. The largest absolute Gasteiger partial charge is 0.335 e. The molecule has 1 unspecified atom stereocenters. The van der Waals surface area contributed by atoms with Crippen LogP contribution in [0.3, 0.4) is 0 Å². The van der Waals surface area contributed by atoms with Crippen molar-refractivity contribution < 1.29 is 9.00 Å². The molecule has 0 radical (unpaired) electrons. The molecular weight excluding hydrogens is 334 g/mol. The van der Waals surface area contributed by atoms with E-state index < -0.39 is 10.8 Å². The van der Waals surface area contributed by atoms with Crippen molar-refractivity contribution in [2.24, 2.45) is 5.92 Å². The number of urea groups is 1. The molecule has 25 heavy (non-hydrogen) atoms. The van der Waals surface area contributed by atoms with E-state index in [4.69, 9.17) is 0 Å². The minimum atomic E-state index is -0.968. The van der Waals surface area contributed by atoms with Crippen molar-refractivity contribution in [1.82, 2.24) is 15.1 Å². The first-order chi connectivity index (χ1) is 11.8. The number of carbonyl (C=O) groups excluding carboxylic acids is 1. The van der Waals surface area contributed by atoms with Crippen LogP contribution >= 0.6 is 0 Å². The highest BCUT2D eigenvalue weighted by Crippen LogP contribution is 2.13. The highest BCUT2D eigenvalue weighted by molar-refractivity contribution is 7.84. The first-order valence-corrected chi connectivity index (χ1v) is 10.6.